The highest BCUT2D eigenvalue weighted by atomic mass is 19.1. The zero-order valence-corrected chi connectivity index (χ0v) is 9.26. The Morgan fingerprint density at radius 1 is 1.11 bits per heavy atom. The minimum absolute atomic E-state index is 0.348. The summed E-state index contributed by atoms with van der Waals surface area (Å²) in [6, 6.07) is 10.8. The van der Waals surface area contributed by atoms with Gasteiger partial charge in [-0.25, -0.2) is 4.39 Å². The van der Waals surface area contributed by atoms with E-state index in [2.05, 4.69) is 0 Å². The van der Waals surface area contributed by atoms with E-state index in [4.69, 9.17) is 4.74 Å². The third-order valence-corrected chi connectivity index (χ3v) is 2.98. The monoisotopic (exact) mass is 244 g/mol. The second-order valence-corrected chi connectivity index (χ2v) is 4.09. The number of halogens is 1. The number of carbonyl (C=O) groups is 1. The maximum Gasteiger partial charge on any atom is 0.315 e. The topological polar surface area (TPSA) is 46.5 Å². The number of carboxylic acid groups (broad SMARTS) is 1. The van der Waals surface area contributed by atoms with E-state index in [9.17, 15) is 14.3 Å². The van der Waals surface area contributed by atoms with E-state index in [0.29, 0.717) is 22.6 Å². The number of aliphatic carboxylic acids is 1. The van der Waals surface area contributed by atoms with Gasteiger partial charge < -0.3 is 9.84 Å². The van der Waals surface area contributed by atoms with Gasteiger partial charge in [0.1, 0.15) is 23.2 Å². The lowest BCUT2D eigenvalue weighted by atomic mass is 9.88. The molecule has 90 valence electrons. The Kier molecular flexibility index (Phi) is 2.30. The Morgan fingerprint density at radius 3 is 2.61 bits per heavy atom. The summed E-state index contributed by atoms with van der Waals surface area (Å²) < 4.78 is 18.8. The van der Waals surface area contributed by atoms with Gasteiger partial charge in [0.05, 0.1) is 0 Å². The lowest BCUT2D eigenvalue weighted by molar-refractivity contribution is -0.137. The van der Waals surface area contributed by atoms with Gasteiger partial charge in [-0.3, -0.25) is 4.79 Å². The van der Waals surface area contributed by atoms with Crippen LogP contribution in [0.15, 0.2) is 42.5 Å². The second-order valence-electron chi connectivity index (χ2n) is 4.09. The molecule has 0 radical (unpaired) electrons. The molecule has 0 unspecified atom stereocenters. The predicted molar refractivity (Wildman–Crippen MR) is 62.4 cm³/mol. The minimum atomic E-state index is -1.02. The first-order chi connectivity index (χ1) is 8.66. The van der Waals surface area contributed by atoms with Crippen LogP contribution >= 0.6 is 0 Å². The quantitative estimate of drug-likeness (QED) is 0.838. The lowest BCUT2D eigenvalue weighted by Crippen LogP contribution is -2.18. The SMILES string of the molecule is O=C(O)[C@@H]1c2ccccc2Oc2ccc(F)cc21. The van der Waals surface area contributed by atoms with E-state index < -0.39 is 17.7 Å². The van der Waals surface area contributed by atoms with Gasteiger partial charge in [-0.1, -0.05) is 18.2 Å². The number of benzene rings is 2. The first kappa shape index (κ1) is 10.8. The van der Waals surface area contributed by atoms with E-state index in [1.165, 1.54) is 18.2 Å². The number of ether oxygens (including phenoxy) is 1. The molecule has 1 atom stereocenters. The Bertz CT molecular complexity index is 637. The maximum atomic E-state index is 13.3. The van der Waals surface area contributed by atoms with Crippen LogP contribution in [0.1, 0.15) is 17.0 Å². The first-order valence-electron chi connectivity index (χ1n) is 5.46. The molecule has 3 rings (SSSR count). The van der Waals surface area contributed by atoms with Crippen molar-refractivity contribution in [3.05, 3.63) is 59.4 Å². The number of rotatable bonds is 1. The molecule has 0 saturated carbocycles. The summed E-state index contributed by atoms with van der Waals surface area (Å²) in [6.07, 6.45) is 0. The fourth-order valence-electron chi connectivity index (χ4n) is 2.20. The van der Waals surface area contributed by atoms with Crippen LogP contribution in [0.25, 0.3) is 0 Å². The number of fused-ring (bicyclic) bond motifs is 2. The Labute approximate surface area is 102 Å². The van der Waals surface area contributed by atoms with Crippen LogP contribution in [0.3, 0.4) is 0 Å². The van der Waals surface area contributed by atoms with Crippen LogP contribution in [0, 0.1) is 5.82 Å². The molecule has 18 heavy (non-hydrogen) atoms. The fourth-order valence-corrected chi connectivity index (χ4v) is 2.20. The van der Waals surface area contributed by atoms with Crippen molar-refractivity contribution in [1.82, 2.24) is 0 Å². The van der Waals surface area contributed by atoms with Crippen molar-refractivity contribution < 1.29 is 19.0 Å². The van der Waals surface area contributed by atoms with Crippen LogP contribution in [-0.2, 0) is 4.79 Å². The highest BCUT2D eigenvalue weighted by Gasteiger charge is 2.32. The standard InChI is InChI=1S/C14H9FO3/c15-8-5-6-12-10(7-8)13(14(16)17)9-3-1-2-4-11(9)18-12/h1-7,13H,(H,16,17)/t13-/m1/s1. The van der Waals surface area contributed by atoms with E-state index >= 15 is 0 Å². The zero-order valence-electron chi connectivity index (χ0n) is 9.26. The molecule has 2 aromatic rings. The summed E-state index contributed by atoms with van der Waals surface area (Å²) in [4.78, 5) is 11.4. The van der Waals surface area contributed by atoms with Crippen LogP contribution in [0.4, 0.5) is 4.39 Å². The first-order valence-corrected chi connectivity index (χ1v) is 5.46. The van der Waals surface area contributed by atoms with Crippen LogP contribution in [0.2, 0.25) is 0 Å². The molecule has 4 heteroatoms. The molecule has 3 nitrogen and oxygen atoms in total. The second kappa shape index (κ2) is 3.84. The van der Waals surface area contributed by atoms with E-state index in [1.807, 2.05) is 0 Å². The van der Waals surface area contributed by atoms with Gasteiger partial charge >= 0.3 is 5.97 Å². The van der Waals surface area contributed by atoms with Gasteiger partial charge in [-0.05, 0) is 24.3 Å². The molecule has 0 aliphatic carbocycles. The molecule has 0 aromatic heterocycles. The van der Waals surface area contributed by atoms with Crippen molar-refractivity contribution in [2.24, 2.45) is 0 Å². The Balaban J connectivity index is 2.24. The van der Waals surface area contributed by atoms with Crippen molar-refractivity contribution in [2.45, 2.75) is 5.92 Å². The number of carboxylic acids is 1. The number of para-hydroxylation sites is 1. The van der Waals surface area contributed by atoms with Gasteiger partial charge in [-0.2, -0.15) is 0 Å². The molecule has 0 bridgehead atoms. The average molecular weight is 244 g/mol. The maximum absolute atomic E-state index is 13.3. The molecule has 2 aromatic carbocycles. The molecule has 1 aliphatic rings. The molecule has 1 aliphatic heterocycles. The number of hydrogen-bond acceptors (Lipinski definition) is 2. The highest BCUT2D eigenvalue weighted by Crippen LogP contribution is 2.44. The molecule has 1 heterocycles. The van der Waals surface area contributed by atoms with Crippen LogP contribution in [0.5, 0.6) is 11.5 Å². The molecule has 1 N–H and O–H groups in total. The lowest BCUT2D eigenvalue weighted by Gasteiger charge is -2.25. The molecular formula is C14H9FO3. The summed E-state index contributed by atoms with van der Waals surface area (Å²) >= 11 is 0. The molecule has 0 spiro atoms. The Morgan fingerprint density at radius 2 is 1.83 bits per heavy atom. The van der Waals surface area contributed by atoms with E-state index in [1.54, 1.807) is 24.3 Å². The molecule has 0 saturated heterocycles. The van der Waals surface area contributed by atoms with Crippen molar-refractivity contribution in [3.8, 4) is 11.5 Å². The van der Waals surface area contributed by atoms with Crippen molar-refractivity contribution in [3.63, 3.8) is 0 Å². The third-order valence-electron chi connectivity index (χ3n) is 2.98. The smallest absolute Gasteiger partial charge is 0.315 e. The summed E-state index contributed by atoms with van der Waals surface area (Å²) in [5.41, 5.74) is 0.893. The van der Waals surface area contributed by atoms with Crippen LogP contribution in [-0.4, -0.2) is 11.1 Å². The fraction of sp³-hybridized carbons (Fsp3) is 0.0714. The van der Waals surface area contributed by atoms with Gasteiger partial charge in [0.15, 0.2) is 0 Å². The molecular weight excluding hydrogens is 235 g/mol. The van der Waals surface area contributed by atoms with Crippen molar-refractivity contribution in [2.75, 3.05) is 0 Å². The highest BCUT2D eigenvalue weighted by molar-refractivity contribution is 5.83. The van der Waals surface area contributed by atoms with Gasteiger partial charge in [0.25, 0.3) is 0 Å². The number of hydrogen-bond donors (Lipinski definition) is 1. The van der Waals surface area contributed by atoms with Crippen LogP contribution < -0.4 is 4.74 Å². The van der Waals surface area contributed by atoms with E-state index in [-0.39, 0.29) is 0 Å². The normalized spacial score (nSPS) is 16.4. The predicted octanol–water partition coefficient (Wildman–Crippen LogP) is 3.15. The summed E-state index contributed by atoms with van der Waals surface area (Å²) in [5, 5.41) is 9.34. The summed E-state index contributed by atoms with van der Waals surface area (Å²) in [5.74, 6) is -1.48. The van der Waals surface area contributed by atoms with Gasteiger partial charge in [-0.15, -0.1) is 0 Å². The average Bonchev–Trinajstić information content (AvgIpc) is 2.35. The van der Waals surface area contributed by atoms with Crippen molar-refractivity contribution in [1.29, 1.82) is 0 Å². The Hall–Kier alpha value is -2.36. The van der Waals surface area contributed by atoms with E-state index in [0.717, 1.165) is 0 Å². The summed E-state index contributed by atoms with van der Waals surface area (Å²) in [7, 11) is 0. The minimum Gasteiger partial charge on any atom is -0.481 e. The molecule has 0 fully saturated rings. The van der Waals surface area contributed by atoms with Crippen molar-refractivity contribution >= 4 is 5.97 Å². The zero-order chi connectivity index (χ0) is 12.7. The third kappa shape index (κ3) is 1.54. The largest absolute Gasteiger partial charge is 0.481 e. The van der Waals surface area contributed by atoms with Gasteiger partial charge in [0.2, 0.25) is 0 Å². The van der Waals surface area contributed by atoms with Gasteiger partial charge in [0, 0.05) is 11.1 Å². The summed E-state index contributed by atoms with van der Waals surface area (Å²) in [6.45, 7) is 0. The molecule has 0 amide bonds.